The van der Waals surface area contributed by atoms with Gasteiger partial charge in [0, 0.05) is 31.2 Å². The van der Waals surface area contributed by atoms with Crippen LogP contribution in [0.15, 0.2) is 52.4 Å². The number of hydrogen-bond donors (Lipinski definition) is 1. The highest BCUT2D eigenvalue weighted by Gasteiger charge is 2.26. The van der Waals surface area contributed by atoms with Crippen LogP contribution in [0.3, 0.4) is 0 Å². The molecule has 3 aliphatic rings. The lowest BCUT2D eigenvalue weighted by Crippen LogP contribution is -2.50. The van der Waals surface area contributed by atoms with Crippen LogP contribution in [-0.2, 0) is 4.84 Å². The van der Waals surface area contributed by atoms with Gasteiger partial charge in [0.05, 0.1) is 12.1 Å². The summed E-state index contributed by atoms with van der Waals surface area (Å²) in [6.45, 7) is 4.72. The Balaban J connectivity index is 1.42. The summed E-state index contributed by atoms with van der Waals surface area (Å²) in [5.74, 6) is 3.32. The van der Waals surface area contributed by atoms with Gasteiger partial charge in [0.15, 0.2) is 12.5 Å². The van der Waals surface area contributed by atoms with Crippen molar-refractivity contribution >= 4 is 29.0 Å². The van der Waals surface area contributed by atoms with Crippen LogP contribution >= 0.6 is 11.6 Å². The predicted octanol–water partition coefficient (Wildman–Crippen LogP) is 3.03. The van der Waals surface area contributed by atoms with Gasteiger partial charge in [-0.05, 0) is 30.3 Å². The van der Waals surface area contributed by atoms with E-state index in [1.807, 2.05) is 42.5 Å². The van der Waals surface area contributed by atoms with E-state index < -0.39 is 0 Å². The topological polar surface area (TPSA) is 61.7 Å². The second-order valence-corrected chi connectivity index (χ2v) is 7.33. The van der Waals surface area contributed by atoms with Crippen molar-refractivity contribution in [3.63, 3.8) is 0 Å². The molecule has 0 bridgehead atoms. The van der Waals surface area contributed by atoms with Gasteiger partial charge in [-0.15, -0.1) is 0 Å². The van der Waals surface area contributed by atoms with Crippen LogP contribution in [0.5, 0.6) is 11.5 Å². The molecule has 5 rings (SSSR count). The van der Waals surface area contributed by atoms with Crippen LogP contribution in [0.25, 0.3) is 0 Å². The first-order chi connectivity index (χ1) is 13.8. The fourth-order valence-electron chi connectivity index (χ4n) is 3.61. The van der Waals surface area contributed by atoms with Crippen molar-refractivity contribution in [2.24, 2.45) is 9.98 Å². The lowest BCUT2D eigenvalue weighted by Gasteiger charge is -2.36. The largest absolute Gasteiger partial charge is 0.454 e. The summed E-state index contributed by atoms with van der Waals surface area (Å²) < 4.78 is 6.14. The Bertz CT molecular complexity index is 953. The molecule has 3 heterocycles. The first-order valence-electron chi connectivity index (χ1n) is 9.30. The minimum Gasteiger partial charge on any atom is -0.454 e. The van der Waals surface area contributed by atoms with Crippen LogP contribution in [-0.4, -0.2) is 60.9 Å². The van der Waals surface area contributed by atoms with Gasteiger partial charge in [-0.25, -0.2) is 15.5 Å². The quantitative estimate of drug-likeness (QED) is 0.844. The van der Waals surface area contributed by atoms with Gasteiger partial charge >= 0.3 is 0 Å². The minimum atomic E-state index is 0.392. The van der Waals surface area contributed by atoms with E-state index in [1.54, 1.807) is 0 Å². The zero-order valence-electron chi connectivity index (χ0n) is 15.3. The number of amidine groups is 2. The third-order valence-corrected chi connectivity index (χ3v) is 5.28. The number of hydroxylamine groups is 1. The van der Waals surface area contributed by atoms with E-state index in [1.165, 1.54) is 0 Å². The van der Waals surface area contributed by atoms with Gasteiger partial charge in [0.1, 0.15) is 23.1 Å². The molecule has 28 heavy (non-hydrogen) atoms. The molecule has 1 saturated heterocycles. The molecule has 0 amide bonds. The van der Waals surface area contributed by atoms with Crippen LogP contribution in [0.1, 0.15) is 5.56 Å². The molecule has 2 aromatic carbocycles. The molecule has 0 aliphatic carbocycles. The average Bonchev–Trinajstić information content (AvgIpc) is 3.16. The van der Waals surface area contributed by atoms with Crippen molar-refractivity contribution in [2.45, 2.75) is 0 Å². The molecule has 0 spiro atoms. The molecule has 0 radical (unpaired) electrons. The summed E-state index contributed by atoms with van der Waals surface area (Å²) in [6.07, 6.45) is 0. The van der Waals surface area contributed by atoms with Gasteiger partial charge in [0.2, 0.25) is 0 Å². The molecule has 0 atom stereocenters. The first kappa shape index (κ1) is 17.5. The van der Waals surface area contributed by atoms with Crippen LogP contribution in [0.2, 0.25) is 5.02 Å². The van der Waals surface area contributed by atoms with Crippen molar-refractivity contribution in [1.82, 2.24) is 15.3 Å². The molecule has 0 aromatic heterocycles. The molecular weight excluding hydrogens is 378 g/mol. The second kappa shape index (κ2) is 7.43. The number of benzene rings is 2. The van der Waals surface area contributed by atoms with Crippen molar-refractivity contribution in [1.29, 1.82) is 0 Å². The standard InChI is InChI=1S/C20H20ClN5O2/c21-14-5-6-17-15(11-14)20(23-16-3-1-2-4-18(16)28-17)26-9-7-25(8-10-26)12-19-22-13-27-24-19/h1-6,11H,7-10,12-13H2,(H,22,24). The SMILES string of the molecule is Clc1ccc2c(c1)C(N1CCN(CC3=NCON3)CC1)=Nc1ccccc1O2. The summed E-state index contributed by atoms with van der Waals surface area (Å²) in [6, 6.07) is 13.5. The van der Waals surface area contributed by atoms with Gasteiger partial charge in [-0.1, -0.05) is 23.7 Å². The lowest BCUT2D eigenvalue weighted by atomic mass is 10.1. The molecule has 0 unspecified atom stereocenters. The van der Waals surface area contributed by atoms with Gasteiger partial charge < -0.3 is 9.64 Å². The van der Waals surface area contributed by atoms with E-state index >= 15 is 0 Å². The maximum absolute atomic E-state index is 6.29. The number of piperazine rings is 1. The molecule has 3 aliphatic heterocycles. The number of para-hydroxylation sites is 2. The molecule has 1 N–H and O–H groups in total. The second-order valence-electron chi connectivity index (χ2n) is 6.89. The summed E-state index contributed by atoms with van der Waals surface area (Å²) in [4.78, 5) is 19.0. The number of ether oxygens (including phenoxy) is 1. The van der Waals surface area contributed by atoms with E-state index in [9.17, 15) is 0 Å². The third kappa shape index (κ3) is 3.44. The van der Waals surface area contributed by atoms with Crippen LogP contribution in [0, 0.1) is 0 Å². The molecule has 144 valence electrons. The Morgan fingerprint density at radius 1 is 1.04 bits per heavy atom. The predicted molar refractivity (Wildman–Crippen MR) is 109 cm³/mol. The molecule has 2 aromatic rings. The van der Waals surface area contributed by atoms with Crippen molar-refractivity contribution in [2.75, 3.05) is 39.5 Å². The monoisotopic (exact) mass is 397 g/mol. The van der Waals surface area contributed by atoms with Crippen LogP contribution < -0.4 is 10.2 Å². The number of fused-ring (bicyclic) bond motifs is 2. The highest BCUT2D eigenvalue weighted by Crippen LogP contribution is 2.38. The molecular formula is C20H20ClN5O2. The lowest BCUT2D eigenvalue weighted by molar-refractivity contribution is 0.111. The summed E-state index contributed by atoms with van der Waals surface area (Å²) >= 11 is 6.29. The number of nitrogens with zero attached hydrogens (tertiary/aromatic N) is 4. The number of hydrogen-bond acceptors (Lipinski definition) is 7. The molecule has 1 fully saturated rings. The fourth-order valence-corrected chi connectivity index (χ4v) is 3.78. The summed E-state index contributed by atoms with van der Waals surface area (Å²) in [5, 5.41) is 0.671. The summed E-state index contributed by atoms with van der Waals surface area (Å²) in [7, 11) is 0. The van der Waals surface area contributed by atoms with Gasteiger partial charge in [-0.3, -0.25) is 9.74 Å². The Labute approximate surface area is 168 Å². The van der Waals surface area contributed by atoms with Crippen molar-refractivity contribution in [3.05, 3.63) is 53.1 Å². The van der Waals surface area contributed by atoms with E-state index in [2.05, 4.69) is 20.3 Å². The van der Waals surface area contributed by atoms with E-state index in [0.29, 0.717) is 11.8 Å². The Morgan fingerprint density at radius 2 is 1.89 bits per heavy atom. The van der Waals surface area contributed by atoms with Crippen LogP contribution in [0.4, 0.5) is 5.69 Å². The molecule has 0 saturated carbocycles. The van der Waals surface area contributed by atoms with E-state index in [4.69, 9.17) is 26.2 Å². The zero-order chi connectivity index (χ0) is 18.9. The van der Waals surface area contributed by atoms with E-state index in [0.717, 1.165) is 67.1 Å². The third-order valence-electron chi connectivity index (χ3n) is 5.05. The molecule has 7 nitrogen and oxygen atoms in total. The normalized spacial score (nSPS) is 19.0. The summed E-state index contributed by atoms with van der Waals surface area (Å²) in [5.41, 5.74) is 4.61. The number of halogens is 1. The van der Waals surface area contributed by atoms with Crippen molar-refractivity contribution in [3.8, 4) is 11.5 Å². The highest BCUT2D eigenvalue weighted by atomic mass is 35.5. The number of rotatable bonds is 2. The van der Waals surface area contributed by atoms with Crippen molar-refractivity contribution < 1.29 is 9.57 Å². The Morgan fingerprint density at radius 3 is 2.71 bits per heavy atom. The van der Waals surface area contributed by atoms with E-state index in [-0.39, 0.29) is 0 Å². The first-order valence-corrected chi connectivity index (χ1v) is 9.68. The average molecular weight is 398 g/mol. The van der Waals surface area contributed by atoms with Gasteiger partial charge in [-0.2, -0.15) is 0 Å². The minimum absolute atomic E-state index is 0.392. The molecule has 8 heteroatoms. The Kier molecular flexibility index (Phi) is 4.64. The maximum Gasteiger partial charge on any atom is 0.166 e. The smallest absolute Gasteiger partial charge is 0.166 e. The maximum atomic E-state index is 6.29. The number of nitrogens with one attached hydrogen (secondary N) is 1. The van der Waals surface area contributed by atoms with Gasteiger partial charge in [0.25, 0.3) is 0 Å². The zero-order valence-corrected chi connectivity index (χ0v) is 16.0. The fraction of sp³-hybridized carbons (Fsp3) is 0.300. The Hall–Kier alpha value is -2.61. The number of aliphatic imine (C=N–C) groups is 2. The highest BCUT2D eigenvalue weighted by molar-refractivity contribution is 6.31.